The molecule has 0 radical (unpaired) electrons. The summed E-state index contributed by atoms with van der Waals surface area (Å²) in [5.41, 5.74) is 1.16. The zero-order valence-corrected chi connectivity index (χ0v) is 14.0. The van der Waals surface area contributed by atoms with Crippen LogP contribution >= 0.6 is 23.1 Å². The lowest BCUT2D eigenvalue weighted by atomic mass is 10.2. The van der Waals surface area contributed by atoms with Crippen molar-refractivity contribution in [3.63, 3.8) is 0 Å². The molecule has 21 heavy (non-hydrogen) atoms. The number of aromatic nitrogens is 1. The Morgan fingerprint density at radius 2 is 2.24 bits per heavy atom. The lowest BCUT2D eigenvalue weighted by Gasteiger charge is -2.37. The van der Waals surface area contributed by atoms with E-state index in [1.54, 1.807) is 11.3 Å². The normalized spacial score (nSPS) is 24.2. The lowest BCUT2D eigenvalue weighted by molar-refractivity contribution is -0.134. The van der Waals surface area contributed by atoms with Crippen LogP contribution in [0.4, 0.5) is 0 Å². The third kappa shape index (κ3) is 3.97. The van der Waals surface area contributed by atoms with Crippen LogP contribution in [0.25, 0.3) is 0 Å². The van der Waals surface area contributed by atoms with Gasteiger partial charge in [-0.2, -0.15) is 11.8 Å². The van der Waals surface area contributed by atoms with Gasteiger partial charge in [-0.05, 0) is 6.92 Å². The second kappa shape index (κ2) is 7.09. The molecule has 0 bridgehead atoms. The van der Waals surface area contributed by atoms with Gasteiger partial charge >= 0.3 is 0 Å². The van der Waals surface area contributed by atoms with Crippen LogP contribution in [0, 0.1) is 6.92 Å². The highest BCUT2D eigenvalue weighted by Crippen LogP contribution is 2.14. The summed E-state index contributed by atoms with van der Waals surface area (Å²) in [6.07, 6.45) is 0. The summed E-state index contributed by atoms with van der Waals surface area (Å²) in [5.74, 6) is 2.31. The first-order chi connectivity index (χ1) is 10.2. The van der Waals surface area contributed by atoms with Gasteiger partial charge < -0.3 is 10.2 Å². The molecule has 1 N–H and O–H groups in total. The number of carbonyl (C=O) groups is 1. The highest BCUT2D eigenvalue weighted by molar-refractivity contribution is 7.99. The van der Waals surface area contributed by atoms with E-state index in [-0.39, 0.29) is 11.9 Å². The van der Waals surface area contributed by atoms with Crippen LogP contribution in [-0.2, 0) is 11.3 Å². The fourth-order valence-corrected chi connectivity index (χ4v) is 4.31. The van der Waals surface area contributed by atoms with E-state index in [1.807, 2.05) is 23.6 Å². The summed E-state index contributed by atoms with van der Waals surface area (Å²) >= 11 is 3.58. The number of hydrogen-bond acceptors (Lipinski definition) is 6. The van der Waals surface area contributed by atoms with E-state index in [1.165, 1.54) is 0 Å². The monoisotopic (exact) mass is 326 g/mol. The fourth-order valence-electron chi connectivity index (χ4n) is 2.78. The molecule has 3 heterocycles. The Balaban J connectivity index is 1.47. The molecule has 3 rings (SSSR count). The molecule has 5 nitrogen and oxygen atoms in total. The van der Waals surface area contributed by atoms with Crippen molar-refractivity contribution in [3.8, 4) is 0 Å². The van der Waals surface area contributed by atoms with Crippen LogP contribution in [0.3, 0.4) is 0 Å². The van der Waals surface area contributed by atoms with Gasteiger partial charge in [-0.1, -0.05) is 0 Å². The molecule has 2 aliphatic heterocycles. The minimum Gasteiger partial charge on any atom is -0.339 e. The highest BCUT2D eigenvalue weighted by atomic mass is 32.2. The van der Waals surface area contributed by atoms with Crippen LogP contribution in [-0.4, -0.2) is 71.0 Å². The van der Waals surface area contributed by atoms with Gasteiger partial charge in [-0.15, -0.1) is 11.3 Å². The summed E-state index contributed by atoms with van der Waals surface area (Å²) in [4.78, 5) is 21.4. The molecule has 1 unspecified atom stereocenters. The van der Waals surface area contributed by atoms with Gasteiger partial charge in [-0.25, -0.2) is 4.98 Å². The Labute approximate surface area is 134 Å². The maximum atomic E-state index is 12.4. The average molecular weight is 326 g/mol. The molecule has 2 saturated heterocycles. The number of nitrogens with zero attached hydrogens (tertiary/aromatic N) is 3. The smallest absolute Gasteiger partial charge is 0.240 e. The van der Waals surface area contributed by atoms with Gasteiger partial charge in [0.2, 0.25) is 5.91 Å². The zero-order chi connectivity index (χ0) is 14.7. The predicted octanol–water partition coefficient (Wildman–Crippen LogP) is 0.801. The number of rotatable bonds is 3. The minimum atomic E-state index is 0.0245. The summed E-state index contributed by atoms with van der Waals surface area (Å²) in [7, 11) is 0. The molecule has 0 saturated carbocycles. The Hall–Kier alpha value is -0.630. The number of piperazine rings is 1. The van der Waals surface area contributed by atoms with Crippen molar-refractivity contribution >= 4 is 29.0 Å². The van der Waals surface area contributed by atoms with Crippen molar-refractivity contribution < 1.29 is 4.79 Å². The largest absolute Gasteiger partial charge is 0.339 e. The van der Waals surface area contributed by atoms with E-state index in [0.717, 1.165) is 61.5 Å². The molecule has 0 spiro atoms. The van der Waals surface area contributed by atoms with Crippen LogP contribution in [0.15, 0.2) is 5.38 Å². The van der Waals surface area contributed by atoms with Gasteiger partial charge in [0, 0.05) is 56.2 Å². The van der Waals surface area contributed by atoms with Crippen molar-refractivity contribution in [1.82, 2.24) is 20.1 Å². The molecule has 0 aromatic carbocycles. The van der Waals surface area contributed by atoms with Crippen molar-refractivity contribution in [1.29, 1.82) is 0 Å². The summed E-state index contributed by atoms with van der Waals surface area (Å²) in [6, 6.07) is 0.0245. The topological polar surface area (TPSA) is 48.5 Å². The van der Waals surface area contributed by atoms with E-state index >= 15 is 0 Å². The number of thiazole rings is 1. The van der Waals surface area contributed by atoms with Gasteiger partial charge in [0.1, 0.15) is 0 Å². The Kier molecular flexibility index (Phi) is 5.15. The molecule has 0 aliphatic carbocycles. The first-order valence-electron chi connectivity index (χ1n) is 7.45. The molecular formula is C14H22N4OS2. The van der Waals surface area contributed by atoms with Crippen molar-refractivity contribution in [2.24, 2.45) is 0 Å². The van der Waals surface area contributed by atoms with Crippen molar-refractivity contribution in [2.45, 2.75) is 19.5 Å². The lowest BCUT2D eigenvalue weighted by Crippen LogP contribution is -2.55. The van der Waals surface area contributed by atoms with Crippen LogP contribution in [0.2, 0.25) is 0 Å². The number of aryl methyl sites for hydroxylation is 1. The molecule has 2 aliphatic rings. The third-order valence-corrected chi connectivity index (χ3v) is 5.84. The maximum Gasteiger partial charge on any atom is 0.240 e. The number of thioether (sulfide) groups is 1. The van der Waals surface area contributed by atoms with Gasteiger partial charge in [0.15, 0.2) is 0 Å². The molecule has 1 aromatic heterocycles. The molecule has 1 atom stereocenters. The molecular weight excluding hydrogens is 304 g/mol. The van der Waals surface area contributed by atoms with Crippen LogP contribution in [0.1, 0.15) is 10.7 Å². The predicted molar refractivity (Wildman–Crippen MR) is 87.8 cm³/mol. The van der Waals surface area contributed by atoms with E-state index < -0.39 is 0 Å². The van der Waals surface area contributed by atoms with Crippen molar-refractivity contribution in [3.05, 3.63) is 16.1 Å². The number of nitrogens with one attached hydrogen (secondary N) is 1. The summed E-state index contributed by atoms with van der Waals surface area (Å²) in [6.45, 7) is 7.47. The number of carbonyl (C=O) groups excluding carboxylic acids is 1. The van der Waals surface area contributed by atoms with Crippen LogP contribution in [0.5, 0.6) is 0 Å². The van der Waals surface area contributed by atoms with E-state index in [9.17, 15) is 4.79 Å². The van der Waals surface area contributed by atoms with Gasteiger partial charge in [0.25, 0.3) is 0 Å². The van der Waals surface area contributed by atoms with Gasteiger partial charge in [0.05, 0.1) is 16.7 Å². The molecule has 2 fully saturated rings. The van der Waals surface area contributed by atoms with E-state index in [4.69, 9.17) is 0 Å². The average Bonchev–Trinajstić information content (AvgIpc) is 2.93. The summed E-state index contributed by atoms with van der Waals surface area (Å²) < 4.78 is 0. The molecule has 116 valence electrons. The van der Waals surface area contributed by atoms with Crippen molar-refractivity contribution in [2.75, 3.05) is 44.2 Å². The zero-order valence-electron chi connectivity index (χ0n) is 12.4. The second-order valence-electron chi connectivity index (χ2n) is 5.54. The first-order valence-corrected chi connectivity index (χ1v) is 9.49. The fraction of sp³-hybridized carbons (Fsp3) is 0.714. The van der Waals surface area contributed by atoms with E-state index in [2.05, 4.69) is 20.6 Å². The Bertz CT molecular complexity index is 479. The third-order valence-electron chi connectivity index (χ3n) is 3.96. The maximum absolute atomic E-state index is 12.4. The Morgan fingerprint density at radius 1 is 1.43 bits per heavy atom. The highest BCUT2D eigenvalue weighted by Gasteiger charge is 2.28. The Morgan fingerprint density at radius 3 is 2.86 bits per heavy atom. The SMILES string of the molecule is Cc1nc(CN2CCN(C(=O)C3CSCCN3)CC2)cs1. The molecule has 1 aromatic rings. The number of amides is 1. The number of hydrogen-bond donors (Lipinski definition) is 1. The standard InChI is InChI=1S/C14H22N4OS2/c1-11-16-12(9-21-11)8-17-3-5-18(6-4-17)14(19)13-10-20-7-2-15-13/h9,13,15H,2-8,10H2,1H3. The van der Waals surface area contributed by atoms with Gasteiger partial charge in [-0.3, -0.25) is 9.69 Å². The molecule has 7 heteroatoms. The second-order valence-corrected chi connectivity index (χ2v) is 7.75. The van der Waals surface area contributed by atoms with Crippen LogP contribution < -0.4 is 5.32 Å². The summed E-state index contributed by atoms with van der Waals surface area (Å²) in [5, 5.41) is 6.60. The quantitative estimate of drug-likeness (QED) is 0.890. The minimum absolute atomic E-state index is 0.0245. The molecule has 1 amide bonds. The first kappa shape index (κ1) is 15.3. The van der Waals surface area contributed by atoms with E-state index in [0.29, 0.717) is 0 Å².